The van der Waals surface area contributed by atoms with E-state index < -0.39 is 4.92 Å². The molecular weight excluding hydrogens is 465 g/mol. The topological polar surface area (TPSA) is 85.7 Å². The molecule has 0 amide bonds. The first-order chi connectivity index (χ1) is 16.0. The van der Waals surface area contributed by atoms with Crippen LogP contribution in [0.4, 0.5) is 11.4 Å². The van der Waals surface area contributed by atoms with Crippen LogP contribution in [-0.4, -0.2) is 24.6 Å². The highest BCUT2D eigenvalue weighted by Gasteiger charge is 2.09. The van der Waals surface area contributed by atoms with Crippen molar-refractivity contribution >= 4 is 34.6 Å². The summed E-state index contributed by atoms with van der Waals surface area (Å²) in [6.07, 6.45) is 0. The van der Waals surface area contributed by atoms with Gasteiger partial charge in [0.15, 0.2) is 11.5 Å². The summed E-state index contributed by atoms with van der Waals surface area (Å²) in [5.74, 6) is 1.32. The normalized spacial score (nSPS) is 10.6. The Balaban J connectivity index is 1.49. The van der Waals surface area contributed by atoms with Crippen LogP contribution in [0.15, 0.2) is 60.7 Å². The molecule has 3 rings (SSSR count). The van der Waals surface area contributed by atoms with Crippen molar-refractivity contribution in [2.24, 2.45) is 0 Å². The van der Waals surface area contributed by atoms with Crippen LogP contribution >= 0.6 is 23.2 Å². The minimum atomic E-state index is -0.412. The van der Waals surface area contributed by atoms with Crippen LogP contribution in [0.3, 0.4) is 0 Å². The first-order valence-corrected chi connectivity index (χ1v) is 11.2. The van der Waals surface area contributed by atoms with E-state index in [9.17, 15) is 10.1 Å². The van der Waals surface area contributed by atoms with Crippen LogP contribution in [0.25, 0.3) is 0 Å². The quantitative estimate of drug-likeness (QED) is 0.182. The lowest BCUT2D eigenvalue weighted by Crippen LogP contribution is -2.21. The molecule has 0 saturated carbocycles. The van der Waals surface area contributed by atoms with Gasteiger partial charge in [0.1, 0.15) is 6.61 Å². The number of non-ortho nitro benzene ring substituents is 1. The molecule has 33 heavy (non-hydrogen) atoms. The van der Waals surface area contributed by atoms with E-state index in [4.69, 9.17) is 32.7 Å². The smallest absolute Gasteiger partial charge is 0.269 e. The Bertz CT molecular complexity index is 1080. The fourth-order valence-corrected chi connectivity index (χ4v) is 3.54. The van der Waals surface area contributed by atoms with E-state index in [1.807, 2.05) is 31.2 Å². The number of hydrogen-bond donors (Lipinski definition) is 2. The van der Waals surface area contributed by atoms with Crippen LogP contribution in [0.5, 0.6) is 11.5 Å². The fourth-order valence-electron chi connectivity index (χ4n) is 3.07. The van der Waals surface area contributed by atoms with Crippen LogP contribution in [0.1, 0.15) is 18.1 Å². The lowest BCUT2D eigenvalue weighted by molar-refractivity contribution is -0.384. The molecule has 0 bridgehead atoms. The minimum absolute atomic E-state index is 0.0764. The monoisotopic (exact) mass is 489 g/mol. The Labute approximate surface area is 202 Å². The molecule has 0 unspecified atom stereocenters. The molecule has 3 aromatic rings. The zero-order valence-corrected chi connectivity index (χ0v) is 19.7. The third-order valence-electron chi connectivity index (χ3n) is 4.74. The fraction of sp³-hybridized carbons (Fsp3) is 0.250. The maximum atomic E-state index is 10.7. The zero-order valence-electron chi connectivity index (χ0n) is 18.1. The number of nitrogens with one attached hydrogen (secondary N) is 2. The summed E-state index contributed by atoms with van der Waals surface area (Å²) in [5.41, 5.74) is 2.82. The highest BCUT2D eigenvalue weighted by molar-refractivity contribution is 6.35. The van der Waals surface area contributed by atoms with Crippen molar-refractivity contribution in [3.63, 3.8) is 0 Å². The first kappa shape index (κ1) is 24.6. The van der Waals surface area contributed by atoms with E-state index in [0.717, 1.165) is 16.8 Å². The number of hydrogen-bond acceptors (Lipinski definition) is 6. The van der Waals surface area contributed by atoms with Crippen LogP contribution in [0.2, 0.25) is 10.0 Å². The Morgan fingerprint density at radius 3 is 2.42 bits per heavy atom. The summed E-state index contributed by atoms with van der Waals surface area (Å²) in [7, 11) is 0. The molecule has 0 aliphatic heterocycles. The van der Waals surface area contributed by atoms with Crippen molar-refractivity contribution < 1.29 is 14.4 Å². The van der Waals surface area contributed by atoms with Crippen LogP contribution in [-0.2, 0) is 13.2 Å². The molecule has 0 aliphatic carbocycles. The van der Waals surface area contributed by atoms with Crippen molar-refractivity contribution in [2.45, 2.75) is 20.1 Å². The zero-order chi connectivity index (χ0) is 23.6. The van der Waals surface area contributed by atoms with Gasteiger partial charge < -0.3 is 20.1 Å². The van der Waals surface area contributed by atoms with E-state index in [0.29, 0.717) is 54.4 Å². The molecule has 9 heteroatoms. The second kappa shape index (κ2) is 12.3. The molecule has 0 heterocycles. The van der Waals surface area contributed by atoms with Crippen LogP contribution in [0, 0.1) is 10.1 Å². The SMILES string of the molecule is CCOc1cc(CNCCNc2ccc([N+](=O)[O-])cc2)ccc1OCc1ccc(Cl)cc1Cl. The molecule has 3 aromatic carbocycles. The Kier molecular flexibility index (Phi) is 9.18. The predicted octanol–water partition coefficient (Wildman–Crippen LogP) is 6.08. The second-order valence-corrected chi connectivity index (χ2v) is 7.99. The predicted molar refractivity (Wildman–Crippen MR) is 132 cm³/mol. The molecule has 0 atom stereocenters. The average Bonchev–Trinajstić information content (AvgIpc) is 2.80. The second-order valence-electron chi connectivity index (χ2n) is 7.15. The van der Waals surface area contributed by atoms with Crippen molar-refractivity contribution in [3.05, 3.63) is 92.0 Å². The van der Waals surface area contributed by atoms with E-state index in [1.54, 1.807) is 24.3 Å². The number of nitro benzene ring substituents is 1. The largest absolute Gasteiger partial charge is 0.490 e. The summed E-state index contributed by atoms with van der Waals surface area (Å²) < 4.78 is 11.7. The maximum absolute atomic E-state index is 10.7. The van der Waals surface area contributed by atoms with Crippen LogP contribution < -0.4 is 20.1 Å². The lowest BCUT2D eigenvalue weighted by atomic mass is 10.2. The molecule has 7 nitrogen and oxygen atoms in total. The number of nitrogens with zero attached hydrogens (tertiary/aromatic N) is 1. The van der Waals surface area contributed by atoms with E-state index >= 15 is 0 Å². The summed E-state index contributed by atoms with van der Waals surface area (Å²) in [4.78, 5) is 10.3. The number of ether oxygens (including phenoxy) is 2. The molecule has 0 spiro atoms. The maximum Gasteiger partial charge on any atom is 0.269 e. The summed E-state index contributed by atoms with van der Waals surface area (Å²) in [6.45, 7) is 4.81. The summed E-state index contributed by atoms with van der Waals surface area (Å²) in [6, 6.07) is 17.5. The number of anilines is 1. The third kappa shape index (κ3) is 7.53. The Morgan fingerprint density at radius 1 is 0.939 bits per heavy atom. The molecule has 0 aromatic heterocycles. The van der Waals surface area contributed by atoms with Gasteiger partial charge in [-0.3, -0.25) is 10.1 Å². The highest BCUT2D eigenvalue weighted by atomic mass is 35.5. The van der Waals surface area contributed by atoms with Gasteiger partial charge in [0, 0.05) is 53.1 Å². The van der Waals surface area contributed by atoms with Gasteiger partial charge in [0.05, 0.1) is 11.5 Å². The molecule has 0 aliphatic rings. The van der Waals surface area contributed by atoms with Crippen molar-refractivity contribution in [1.82, 2.24) is 5.32 Å². The summed E-state index contributed by atoms with van der Waals surface area (Å²) >= 11 is 12.2. The van der Waals surface area contributed by atoms with Gasteiger partial charge in [-0.2, -0.15) is 0 Å². The lowest BCUT2D eigenvalue weighted by Gasteiger charge is -2.14. The number of rotatable bonds is 12. The van der Waals surface area contributed by atoms with Gasteiger partial charge in [0.2, 0.25) is 0 Å². The minimum Gasteiger partial charge on any atom is -0.490 e. The standard InChI is InChI=1S/C24H25Cl2N3O4/c1-2-32-24-13-17(3-10-23(24)33-16-18-4-5-19(25)14-22(18)26)15-27-11-12-28-20-6-8-21(9-7-20)29(30)31/h3-10,13-14,27-28H,2,11-12,15-16H2,1H3. The summed E-state index contributed by atoms with van der Waals surface area (Å²) in [5, 5.41) is 18.4. The van der Waals surface area contributed by atoms with E-state index in [2.05, 4.69) is 10.6 Å². The Morgan fingerprint density at radius 2 is 1.73 bits per heavy atom. The molecular formula is C24H25Cl2N3O4. The van der Waals surface area contributed by atoms with Crippen molar-refractivity contribution in [3.8, 4) is 11.5 Å². The molecule has 2 N–H and O–H groups in total. The van der Waals surface area contributed by atoms with Crippen molar-refractivity contribution in [2.75, 3.05) is 25.0 Å². The molecule has 0 fully saturated rings. The molecule has 0 radical (unpaired) electrons. The van der Waals surface area contributed by atoms with Gasteiger partial charge in [-0.15, -0.1) is 0 Å². The highest BCUT2D eigenvalue weighted by Crippen LogP contribution is 2.30. The van der Waals surface area contributed by atoms with Gasteiger partial charge in [-0.25, -0.2) is 0 Å². The third-order valence-corrected chi connectivity index (χ3v) is 5.33. The number of benzene rings is 3. The average molecular weight is 490 g/mol. The number of halogens is 2. The first-order valence-electron chi connectivity index (χ1n) is 10.5. The van der Waals surface area contributed by atoms with Gasteiger partial charge in [0.25, 0.3) is 5.69 Å². The molecule has 174 valence electrons. The van der Waals surface area contributed by atoms with E-state index in [1.165, 1.54) is 12.1 Å². The Hall–Kier alpha value is -3.00. The number of nitro groups is 1. The van der Waals surface area contributed by atoms with Gasteiger partial charge in [-0.05, 0) is 48.9 Å². The van der Waals surface area contributed by atoms with Gasteiger partial charge in [-0.1, -0.05) is 35.3 Å². The van der Waals surface area contributed by atoms with Gasteiger partial charge >= 0.3 is 0 Å². The van der Waals surface area contributed by atoms with E-state index in [-0.39, 0.29) is 5.69 Å². The molecule has 0 saturated heterocycles. The van der Waals surface area contributed by atoms with Crippen molar-refractivity contribution in [1.29, 1.82) is 0 Å².